The topological polar surface area (TPSA) is 49.2 Å². The maximum atomic E-state index is 13.4. The first-order valence-corrected chi connectivity index (χ1v) is 8.15. The van der Waals surface area contributed by atoms with E-state index in [1.165, 1.54) is 18.5 Å². The summed E-state index contributed by atoms with van der Waals surface area (Å²) >= 11 is 6.00. The molecule has 5 nitrogen and oxygen atoms in total. The van der Waals surface area contributed by atoms with Gasteiger partial charge in [-0.05, 0) is 35.4 Å². The minimum atomic E-state index is -0.852. The third-order valence-electron chi connectivity index (χ3n) is 4.34. The van der Waals surface area contributed by atoms with Gasteiger partial charge in [-0.1, -0.05) is 35.9 Å². The van der Waals surface area contributed by atoms with Crippen molar-refractivity contribution >= 4 is 11.6 Å². The number of aromatic nitrogens is 3. The van der Waals surface area contributed by atoms with Crippen molar-refractivity contribution in [3.63, 3.8) is 0 Å². The largest absolute Gasteiger partial charge is 0.344 e. The summed E-state index contributed by atoms with van der Waals surface area (Å²) in [5.41, 5.74) is 0.878. The van der Waals surface area contributed by atoms with Gasteiger partial charge in [0.15, 0.2) is 0 Å². The molecule has 4 rings (SSSR count). The molecule has 1 fully saturated rings. The highest BCUT2D eigenvalue weighted by molar-refractivity contribution is 6.30. The Hall–Kier alpha value is -2.28. The molecule has 0 amide bonds. The second-order valence-corrected chi connectivity index (χ2v) is 6.29. The zero-order valence-corrected chi connectivity index (χ0v) is 13.9. The maximum absolute atomic E-state index is 13.4. The van der Waals surface area contributed by atoms with Gasteiger partial charge in [0.05, 0.1) is 6.54 Å². The van der Waals surface area contributed by atoms with E-state index >= 15 is 0 Å². The Bertz CT molecular complexity index is 840. The molecule has 0 radical (unpaired) electrons. The summed E-state index contributed by atoms with van der Waals surface area (Å²) in [6.45, 7) is 0.505. The lowest BCUT2D eigenvalue weighted by atomic mass is 9.84. The molecular weight excluding hydrogens is 345 g/mol. The van der Waals surface area contributed by atoms with Crippen LogP contribution >= 0.6 is 11.6 Å². The van der Waals surface area contributed by atoms with E-state index in [-0.39, 0.29) is 18.7 Å². The molecule has 0 saturated carbocycles. The highest BCUT2D eigenvalue weighted by atomic mass is 35.5. The van der Waals surface area contributed by atoms with Crippen molar-refractivity contribution in [2.45, 2.75) is 18.2 Å². The number of benzene rings is 2. The lowest BCUT2D eigenvalue weighted by Gasteiger charge is -2.33. The van der Waals surface area contributed by atoms with E-state index in [2.05, 4.69) is 10.1 Å². The van der Waals surface area contributed by atoms with Crippen LogP contribution in [0.2, 0.25) is 5.02 Å². The summed E-state index contributed by atoms with van der Waals surface area (Å²) in [5, 5.41) is 4.83. The monoisotopic (exact) mass is 359 g/mol. The number of halogens is 2. The molecule has 2 atom stereocenters. The van der Waals surface area contributed by atoms with Crippen LogP contribution in [0.3, 0.4) is 0 Å². The fourth-order valence-corrected chi connectivity index (χ4v) is 3.29. The Morgan fingerprint density at radius 3 is 2.60 bits per heavy atom. The van der Waals surface area contributed by atoms with Crippen molar-refractivity contribution in [3.8, 4) is 0 Å². The van der Waals surface area contributed by atoms with Crippen LogP contribution in [0.4, 0.5) is 4.39 Å². The summed E-state index contributed by atoms with van der Waals surface area (Å²) in [4.78, 5) is 3.99. The zero-order chi connectivity index (χ0) is 17.3. The van der Waals surface area contributed by atoms with Crippen LogP contribution in [-0.4, -0.2) is 21.6 Å². The van der Waals surface area contributed by atoms with Gasteiger partial charge < -0.3 is 9.47 Å². The van der Waals surface area contributed by atoms with Gasteiger partial charge in [-0.25, -0.2) is 14.1 Å². The van der Waals surface area contributed by atoms with Gasteiger partial charge in [-0.15, -0.1) is 0 Å². The molecule has 0 N–H and O–H groups in total. The standard InChI is InChI=1S/C18H15ClFN3O2/c19-15-5-1-13(2-6-15)17-18(25-12-24-17,9-23-11-21-10-22-23)14-3-7-16(20)8-4-14/h1-8,10-11,17H,9,12H2/t17-,18-/m1/s1. The minimum absolute atomic E-state index is 0.124. The number of hydrogen-bond acceptors (Lipinski definition) is 4. The van der Waals surface area contributed by atoms with Gasteiger partial charge in [-0.3, -0.25) is 0 Å². The summed E-state index contributed by atoms with van der Waals surface area (Å²) in [5.74, 6) is -0.304. The highest BCUT2D eigenvalue weighted by Crippen LogP contribution is 2.46. The SMILES string of the molecule is Fc1ccc([C@@]2(Cn3cncn3)OCO[C@@H]2c2ccc(Cl)cc2)cc1. The average Bonchev–Trinajstić information content (AvgIpc) is 3.27. The molecule has 1 aromatic heterocycles. The Morgan fingerprint density at radius 1 is 1.16 bits per heavy atom. The Labute approximate surface area is 149 Å². The second kappa shape index (κ2) is 6.55. The summed E-state index contributed by atoms with van der Waals surface area (Å²) < 4.78 is 27.1. The van der Waals surface area contributed by atoms with Crippen LogP contribution in [0.1, 0.15) is 17.2 Å². The van der Waals surface area contributed by atoms with E-state index in [1.807, 2.05) is 24.3 Å². The summed E-state index contributed by atoms with van der Waals surface area (Å²) in [6, 6.07) is 13.7. The summed E-state index contributed by atoms with van der Waals surface area (Å²) in [7, 11) is 0. The molecule has 2 heterocycles. The van der Waals surface area contributed by atoms with Gasteiger partial charge in [0.2, 0.25) is 0 Å². The molecule has 0 aliphatic carbocycles. The lowest BCUT2D eigenvalue weighted by Crippen LogP contribution is -2.36. The normalized spacial score (nSPS) is 23.0. The molecular formula is C18H15ClFN3O2. The zero-order valence-electron chi connectivity index (χ0n) is 13.2. The quantitative estimate of drug-likeness (QED) is 0.712. The molecule has 0 unspecified atom stereocenters. The number of hydrogen-bond donors (Lipinski definition) is 0. The van der Waals surface area contributed by atoms with Crippen molar-refractivity contribution in [3.05, 3.63) is 83.2 Å². The van der Waals surface area contributed by atoms with Crippen LogP contribution in [-0.2, 0) is 21.6 Å². The Morgan fingerprint density at radius 2 is 1.92 bits per heavy atom. The van der Waals surface area contributed by atoms with Gasteiger partial charge in [0, 0.05) is 5.02 Å². The van der Waals surface area contributed by atoms with E-state index < -0.39 is 5.60 Å². The number of rotatable bonds is 4. The molecule has 0 spiro atoms. The van der Waals surface area contributed by atoms with Gasteiger partial charge >= 0.3 is 0 Å². The van der Waals surface area contributed by atoms with E-state index in [4.69, 9.17) is 21.1 Å². The van der Waals surface area contributed by atoms with Crippen molar-refractivity contribution in [1.29, 1.82) is 0 Å². The van der Waals surface area contributed by atoms with Crippen LogP contribution < -0.4 is 0 Å². The lowest BCUT2D eigenvalue weighted by molar-refractivity contribution is -0.0297. The van der Waals surface area contributed by atoms with Crippen molar-refractivity contribution in [2.75, 3.05) is 6.79 Å². The van der Waals surface area contributed by atoms with E-state index in [0.29, 0.717) is 11.6 Å². The predicted octanol–water partition coefficient (Wildman–Crippen LogP) is 3.71. The number of nitrogens with zero attached hydrogens (tertiary/aromatic N) is 3. The molecule has 128 valence electrons. The van der Waals surface area contributed by atoms with Crippen molar-refractivity contribution in [1.82, 2.24) is 14.8 Å². The molecule has 1 aliphatic heterocycles. The first-order chi connectivity index (χ1) is 12.2. The van der Waals surface area contributed by atoms with Gasteiger partial charge in [-0.2, -0.15) is 5.10 Å². The number of ether oxygens (including phenoxy) is 2. The van der Waals surface area contributed by atoms with Crippen molar-refractivity contribution in [2.24, 2.45) is 0 Å². The highest BCUT2D eigenvalue weighted by Gasteiger charge is 2.48. The molecule has 1 aliphatic rings. The first-order valence-electron chi connectivity index (χ1n) is 7.77. The Kier molecular flexibility index (Phi) is 4.25. The Balaban J connectivity index is 1.80. The fourth-order valence-electron chi connectivity index (χ4n) is 3.16. The van der Waals surface area contributed by atoms with Crippen molar-refractivity contribution < 1.29 is 13.9 Å². The van der Waals surface area contributed by atoms with Crippen LogP contribution in [0.15, 0.2) is 61.2 Å². The first kappa shape index (κ1) is 16.2. The average molecular weight is 360 g/mol. The van der Waals surface area contributed by atoms with E-state index in [9.17, 15) is 4.39 Å². The molecule has 1 saturated heterocycles. The molecule has 25 heavy (non-hydrogen) atoms. The third kappa shape index (κ3) is 3.04. The van der Waals surface area contributed by atoms with Crippen LogP contribution in [0.25, 0.3) is 0 Å². The second-order valence-electron chi connectivity index (χ2n) is 5.85. The van der Waals surface area contributed by atoms with Gasteiger partial charge in [0.1, 0.15) is 37.0 Å². The summed E-state index contributed by atoms with van der Waals surface area (Å²) in [6.07, 6.45) is 2.69. The molecule has 2 aromatic carbocycles. The van der Waals surface area contributed by atoms with Crippen LogP contribution in [0, 0.1) is 5.82 Å². The third-order valence-corrected chi connectivity index (χ3v) is 4.60. The van der Waals surface area contributed by atoms with Crippen LogP contribution in [0.5, 0.6) is 0 Å². The van der Waals surface area contributed by atoms with E-state index in [0.717, 1.165) is 11.1 Å². The maximum Gasteiger partial charge on any atom is 0.149 e. The molecule has 0 bridgehead atoms. The van der Waals surface area contributed by atoms with Gasteiger partial charge in [0.25, 0.3) is 0 Å². The van der Waals surface area contributed by atoms with E-state index in [1.54, 1.807) is 23.1 Å². The fraction of sp³-hybridized carbons (Fsp3) is 0.222. The minimum Gasteiger partial charge on any atom is -0.344 e. The smallest absolute Gasteiger partial charge is 0.149 e. The molecule has 7 heteroatoms. The predicted molar refractivity (Wildman–Crippen MR) is 89.3 cm³/mol. The molecule has 3 aromatic rings.